The first-order valence-electron chi connectivity index (χ1n) is 9.83. The molecule has 0 radical (unpaired) electrons. The van der Waals surface area contributed by atoms with Gasteiger partial charge in [-0.2, -0.15) is 0 Å². The zero-order valence-electron chi connectivity index (χ0n) is 17.1. The lowest BCUT2D eigenvalue weighted by Gasteiger charge is -2.32. The number of anilines is 1. The Morgan fingerprint density at radius 1 is 1.20 bits per heavy atom. The number of fused-ring (bicyclic) bond motifs is 3. The normalized spacial score (nSPS) is 14.8. The summed E-state index contributed by atoms with van der Waals surface area (Å²) in [5.41, 5.74) is 2.42. The Bertz CT molecular complexity index is 1140. The fraction of sp³-hybridized carbons (Fsp3) is 0.273. The van der Waals surface area contributed by atoms with Gasteiger partial charge < -0.3 is 4.74 Å². The minimum atomic E-state index is -0.578. The topological polar surface area (TPSA) is 79.2 Å². The highest BCUT2D eigenvalue weighted by molar-refractivity contribution is 7.98. The number of aromatic amines is 1. The lowest BCUT2D eigenvalue weighted by atomic mass is 10.0. The van der Waals surface area contributed by atoms with Crippen LogP contribution >= 0.6 is 11.8 Å². The fourth-order valence-corrected chi connectivity index (χ4v) is 4.07. The van der Waals surface area contributed by atoms with Gasteiger partial charge in [0.25, 0.3) is 6.17 Å². The average Bonchev–Trinajstić information content (AvgIpc) is 2.78. The van der Waals surface area contributed by atoms with Crippen LogP contribution in [0.4, 0.5) is 5.69 Å². The van der Waals surface area contributed by atoms with E-state index in [1.807, 2.05) is 68.6 Å². The molecule has 1 aromatic heterocycles. The number of rotatable bonds is 5. The molecular formula is C22H23N4O3S+. The van der Waals surface area contributed by atoms with Crippen molar-refractivity contribution in [2.24, 2.45) is 0 Å². The summed E-state index contributed by atoms with van der Waals surface area (Å²) in [4.78, 5) is 30.7. The van der Waals surface area contributed by atoms with E-state index >= 15 is 0 Å². The van der Waals surface area contributed by atoms with Gasteiger partial charge in [-0.15, -0.1) is 0 Å². The molecule has 0 fully saturated rings. The number of aromatic nitrogens is 3. The van der Waals surface area contributed by atoms with Gasteiger partial charge in [-0.1, -0.05) is 30.8 Å². The van der Waals surface area contributed by atoms with Gasteiger partial charge in [0.2, 0.25) is 11.1 Å². The first kappa shape index (κ1) is 20.2. The van der Waals surface area contributed by atoms with Crippen molar-refractivity contribution in [1.29, 1.82) is 0 Å². The van der Waals surface area contributed by atoms with Gasteiger partial charge in [-0.25, -0.2) is 4.90 Å². The van der Waals surface area contributed by atoms with Gasteiger partial charge in [-0.05, 0) is 54.3 Å². The molecule has 2 heterocycles. The van der Waals surface area contributed by atoms with E-state index < -0.39 is 6.17 Å². The molecule has 1 amide bonds. The Morgan fingerprint density at radius 2 is 1.93 bits per heavy atom. The first-order valence-corrected chi connectivity index (χ1v) is 11.1. The van der Waals surface area contributed by atoms with Gasteiger partial charge in [0, 0.05) is 17.1 Å². The Balaban J connectivity index is 2.00. The molecule has 0 spiro atoms. The van der Waals surface area contributed by atoms with Gasteiger partial charge in [0.05, 0.1) is 17.9 Å². The van der Waals surface area contributed by atoms with Crippen LogP contribution in [0.2, 0.25) is 0 Å². The second kappa shape index (κ2) is 8.31. The van der Waals surface area contributed by atoms with E-state index in [4.69, 9.17) is 4.74 Å². The molecule has 0 saturated heterocycles. The van der Waals surface area contributed by atoms with Crippen molar-refractivity contribution < 1.29 is 14.2 Å². The molecule has 1 aliphatic heterocycles. The molecule has 8 heteroatoms. The minimum Gasteiger partial charge on any atom is -0.494 e. The quantitative estimate of drug-likeness (QED) is 0.504. The molecule has 7 nitrogen and oxygen atoms in total. The van der Waals surface area contributed by atoms with E-state index in [-0.39, 0.29) is 11.5 Å². The fourth-order valence-electron chi connectivity index (χ4n) is 3.71. The number of carbonyl (C=O) groups excluding carboxylic acids is 1. The average molecular weight is 424 g/mol. The zero-order valence-corrected chi connectivity index (χ0v) is 17.9. The van der Waals surface area contributed by atoms with Gasteiger partial charge >= 0.3 is 11.3 Å². The summed E-state index contributed by atoms with van der Waals surface area (Å²) in [5.74, 6) is 0.701. The molecule has 0 aliphatic carbocycles. The second-order valence-corrected chi connectivity index (χ2v) is 7.56. The van der Waals surface area contributed by atoms with Crippen molar-refractivity contribution in [3.8, 4) is 17.0 Å². The summed E-state index contributed by atoms with van der Waals surface area (Å²) in [7, 11) is 0. The van der Waals surface area contributed by atoms with E-state index in [2.05, 4.69) is 10.1 Å². The predicted octanol–water partition coefficient (Wildman–Crippen LogP) is 3.15. The highest BCUT2D eigenvalue weighted by Gasteiger charge is 2.45. The van der Waals surface area contributed by atoms with Crippen LogP contribution in [0.5, 0.6) is 5.75 Å². The number of carbonyl (C=O) groups is 1. The molecule has 1 N–H and O–H groups in total. The van der Waals surface area contributed by atoms with Crippen molar-refractivity contribution in [3.05, 3.63) is 64.4 Å². The summed E-state index contributed by atoms with van der Waals surface area (Å²) in [6, 6.07) is 15.0. The third kappa shape index (κ3) is 3.37. The number of nitrogens with zero attached hydrogens (tertiary/aromatic N) is 3. The largest absolute Gasteiger partial charge is 0.494 e. The zero-order chi connectivity index (χ0) is 21.3. The van der Waals surface area contributed by atoms with Crippen LogP contribution in [-0.4, -0.2) is 28.9 Å². The summed E-state index contributed by atoms with van der Waals surface area (Å²) in [6.07, 6.45) is 1.60. The van der Waals surface area contributed by atoms with Gasteiger partial charge in [0.15, 0.2) is 0 Å². The molecule has 1 atom stereocenters. The van der Waals surface area contributed by atoms with Crippen LogP contribution < -0.4 is 19.9 Å². The van der Waals surface area contributed by atoms with Crippen LogP contribution in [0, 0.1) is 0 Å². The highest BCUT2D eigenvalue weighted by atomic mass is 32.2. The standard InChI is InChI=1S/C22H22N4O3S/c1-4-18(27)25-17-9-7-6-8-16(17)19-20(28)23-22(30-3)24-26(19)21(25)14-10-12-15(13-11-14)29-5-2/h6-13,21H,4-5H2,1-3H3/p+1. The van der Waals surface area contributed by atoms with E-state index in [0.717, 1.165) is 11.3 Å². The summed E-state index contributed by atoms with van der Waals surface area (Å²) >= 11 is 1.35. The molecule has 1 unspecified atom stereocenters. The number of benzene rings is 2. The number of hydrogen-bond acceptors (Lipinski definition) is 5. The van der Waals surface area contributed by atoms with Crippen LogP contribution in [0.1, 0.15) is 32.0 Å². The smallest absolute Gasteiger partial charge is 0.325 e. The molecule has 0 saturated carbocycles. The summed E-state index contributed by atoms with van der Waals surface area (Å²) < 4.78 is 7.23. The maximum atomic E-state index is 13.1. The van der Waals surface area contributed by atoms with Crippen molar-refractivity contribution >= 4 is 23.4 Å². The molecule has 4 rings (SSSR count). The Morgan fingerprint density at radius 3 is 2.60 bits per heavy atom. The maximum absolute atomic E-state index is 13.1. The molecule has 0 bridgehead atoms. The van der Waals surface area contributed by atoms with Crippen LogP contribution in [0.25, 0.3) is 11.3 Å². The number of H-pyrrole nitrogens is 1. The van der Waals surface area contributed by atoms with Crippen molar-refractivity contribution in [1.82, 2.24) is 10.1 Å². The molecule has 3 aromatic rings. The van der Waals surface area contributed by atoms with Crippen LogP contribution in [0.3, 0.4) is 0 Å². The molecule has 154 valence electrons. The lowest BCUT2D eigenvalue weighted by Crippen LogP contribution is -2.60. The van der Waals surface area contributed by atoms with Gasteiger partial charge in [0.1, 0.15) is 5.75 Å². The number of nitrogens with one attached hydrogen (secondary N) is 1. The third-order valence-electron chi connectivity index (χ3n) is 5.01. The second-order valence-electron chi connectivity index (χ2n) is 6.77. The molecule has 2 aromatic carbocycles. The number of ether oxygens (including phenoxy) is 1. The molecular weight excluding hydrogens is 400 g/mol. The van der Waals surface area contributed by atoms with E-state index in [0.29, 0.717) is 35.1 Å². The monoisotopic (exact) mass is 423 g/mol. The Labute approximate surface area is 178 Å². The molecule has 1 aliphatic rings. The lowest BCUT2D eigenvalue weighted by molar-refractivity contribution is -0.763. The van der Waals surface area contributed by atoms with Gasteiger partial charge in [-0.3, -0.25) is 14.6 Å². The Hall–Kier alpha value is -3.13. The van der Waals surface area contributed by atoms with Crippen LogP contribution in [-0.2, 0) is 4.79 Å². The van der Waals surface area contributed by atoms with E-state index in [1.165, 1.54) is 11.8 Å². The Kier molecular flexibility index (Phi) is 5.59. The number of hydrogen-bond donors (Lipinski definition) is 1. The van der Waals surface area contributed by atoms with E-state index in [9.17, 15) is 9.59 Å². The number of para-hydroxylation sites is 1. The van der Waals surface area contributed by atoms with Crippen LogP contribution in [0.15, 0.2) is 58.5 Å². The van der Waals surface area contributed by atoms with Crippen molar-refractivity contribution in [3.63, 3.8) is 0 Å². The predicted molar refractivity (Wildman–Crippen MR) is 116 cm³/mol. The maximum Gasteiger partial charge on any atom is 0.325 e. The summed E-state index contributed by atoms with van der Waals surface area (Å²) in [5, 5.41) is 5.16. The molecule has 30 heavy (non-hydrogen) atoms. The van der Waals surface area contributed by atoms with E-state index in [1.54, 1.807) is 9.58 Å². The van der Waals surface area contributed by atoms with Crippen molar-refractivity contribution in [2.75, 3.05) is 17.8 Å². The SMILES string of the molecule is CCOc1ccc(C2N(C(=O)CC)c3ccccc3-c3c(=O)[nH]c(SC)n[n+]32)cc1. The minimum absolute atomic E-state index is 0.0488. The highest BCUT2D eigenvalue weighted by Crippen LogP contribution is 2.37. The first-order chi connectivity index (χ1) is 14.6. The number of thioether (sulfide) groups is 1. The van der Waals surface area contributed by atoms with Crippen molar-refractivity contribution in [2.45, 2.75) is 31.6 Å². The number of amides is 1. The summed E-state index contributed by atoms with van der Waals surface area (Å²) in [6.45, 7) is 4.33. The third-order valence-corrected chi connectivity index (χ3v) is 5.58.